The minimum Gasteiger partial charge on any atom is -0.396 e. The van der Waals surface area contributed by atoms with Crippen molar-refractivity contribution in [2.75, 3.05) is 12.3 Å². The zero-order chi connectivity index (χ0) is 13.8. The highest BCUT2D eigenvalue weighted by molar-refractivity contribution is 5.76. The number of nitrogens with two attached hydrogens (primary N) is 1. The first-order valence-corrected chi connectivity index (χ1v) is 6.01. The molecule has 1 amide bonds. The fraction of sp³-hybridized carbons (Fsp3) is 0.667. The Morgan fingerprint density at radius 1 is 1.61 bits per heavy atom. The molecular weight excluding hydrogens is 232 g/mol. The lowest BCUT2D eigenvalue weighted by atomic mass is 9.85. The van der Waals surface area contributed by atoms with Gasteiger partial charge in [0, 0.05) is 18.8 Å². The third-order valence-corrected chi connectivity index (χ3v) is 2.76. The van der Waals surface area contributed by atoms with Gasteiger partial charge in [0.25, 0.3) is 0 Å². The predicted molar refractivity (Wildman–Crippen MR) is 69.7 cm³/mol. The van der Waals surface area contributed by atoms with Crippen LogP contribution >= 0.6 is 0 Å². The maximum atomic E-state index is 11.9. The summed E-state index contributed by atoms with van der Waals surface area (Å²) in [6.07, 6.45) is 3.65. The van der Waals surface area contributed by atoms with Crippen LogP contribution in [0.3, 0.4) is 0 Å². The second-order valence-corrected chi connectivity index (χ2v) is 5.47. The first-order chi connectivity index (χ1) is 8.32. The van der Waals surface area contributed by atoms with Crippen LogP contribution in [-0.4, -0.2) is 33.4 Å². The van der Waals surface area contributed by atoms with Crippen LogP contribution in [-0.2, 0) is 11.3 Å². The maximum absolute atomic E-state index is 11.9. The van der Waals surface area contributed by atoms with Crippen LogP contribution in [0.1, 0.15) is 27.2 Å². The summed E-state index contributed by atoms with van der Waals surface area (Å²) in [7, 11) is 0. The van der Waals surface area contributed by atoms with Gasteiger partial charge in [-0.1, -0.05) is 20.8 Å². The first-order valence-electron chi connectivity index (χ1n) is 6.01. The number of aliphatic hydroxyl groups is 1. The maximum Gasteiger partial charge on any atom is 0.241 e. The van der Waals surface area contributed by atoms with Gasteiger partial charge in [0.15, 0.2) is 0 Å². The van der Waals surface area contributed by atoms with Gasteiger partial charge >= 0.3 is 0 Å². The molecule has 0 bridgehead atoms. The molecule has 0 saturated carbocycles. The van der Waals surface area contributed by atoms with Crippen molar-refractivity contribution in [1.82, 2.24) is 15.1 Å². The van der Waals surface area contributed by atoms with Gasteiger partial charge in [-0.05, 0) is 11.8 Å². The predicted octanol–water partition coefficient (Wildman–Crippen LogP) is 0.379. The van der Waals surface area contributed by atoms with Crippen molar-refractivity contribution < 1.29 is 9.90 Å². The van der Waals surface area contributed by atoms with E-state index >= 15 is 0 Å². The molecule has 1 atom stereocenters. The number of aliphatic hydroxyl groups excluding tert-OH is 1. The van der Waals surface area contributed by atoms with Crippen molar-refractivity contribution in [2.45, 2.75) is 39.8 Å². The Labute approximate surface area is 107 Å². The highest BCUT2D eigenvalue weighted by Crippen LogP contribution is 2.21. The van der Waals surface area contributed by atoms with Gasteiger partial charge < -0.3 is 16.2 Å². The molecule has 0 aliphatic carbocycles. The normalized spacial score (nSPS) is 13.3. The summed E-state index contributed by atoms with van der Waals surface area (Å²) >= 11 is 0. The molecule has 1 aromatic rings. The number of nitrogen functional groups attached to an aromatic ring is 1. The highest BCUT2D eigenvalue weighted by Gasteiger charge is 2.25. The number of rotatable bonds is 5. The van der Waals surface area contributed by atoms with Crippen molar-refractivity contribution in [3.63, 3.8) is 0 Å². The number of carbonyl (C=O) groups is 1. The molecule has 0 aliphatic rings. The molecule has 0 spiro atoms. The zero-order valence-corrected chi connectivity index (χ0v) is 11.2. The largest absolute Gasteiger partial charge is 0.396 e. The SMILES string of the molecule is CC(C)(C)C(CCO)NC(=O)Cn1cc(N)cn1. The number of nitrogens with one attached hydrogen (secondary N) is 1. The first kappa shape index (κ1) is 14.5. The molecule has 102 valence electrons. The van der Waals surface area contributed by atoms with E-state index in [9.17, 15) is 4.79 Å². The van der Waals surface area contributed by atoms with E-state index in [0.717, 1.165) is 0 Å². The van der Waals surface area contributed by atoms with E-state index in [1.807, 2.05) is 20.8 Å². The van der Waals surface area contributed by atoms with Crippen LogP contribution in [0.2, 0.25) is 0 Å². The van der Waals surface area contributed by atoms with Crippen LogP contribution in [0.5, 0.6) is 0 Å². The Morgan fingerprint density at radius 3 is 2.72 bits per heavy atom. The van der Waals surface area contributed by atoms with Gasteiger partial charge in [-0.2, -0.15) is 5.10 Å². The van der Waals surface area contributed by atoms with Gasteiger partial charge in [0.05, 0.1) is 11.9 Å². The Bertz CT molecular complexity index is 395. The summed E-state index contributed by atoms with van der Waals surface area (Å²) in [5.74, 6) is -0.133. The topological polar surface area (TPSA) is 93.2 Å². The van der Waals surface area contributed by atoms with Crippen LogP contribution in [0.25, 0.3) is 0 Å². The second kappa shape index (κ2) is 5.86. The molecule has 0 fully saturated rings. The lowest BCUT2D eigenvalue weighted by molar-refractivity contribution is -0.123. The lowest BCUT2D eigenvalue weighted by Gasteiger charge is -2.31. The van der Waals surface area contributed by atoms with Crippen molar-refractivity contribution in [3.8, 4) is 0 Å². The number of anilines is 1. The Kier molecular flexibility index (Phi) is 4.72. The Morgan fingerprint density at radius 2 is 2.28 bits per heavy atom. The smallest absolute Gasteiger partial charge is 0.241 e. The van der Waals surface area contributed by atoms with E-state index in [1.165, 1.54) is 10.9 Å². The van der Waals surface area contributed by atoms with Crippen molar-refractivity contribution in [3.05, 3.63) is 12.4 Å². The number of carbonyl (C=O) groups excluding carboxylic acids is 1. The molecule has 0 radical (unpaired) electrons. The minimum absolute atomic E-state index is 0.0525. The standard InChI is InChI=1S/C12H22N4O2/c1-12(2,3)10(4-5-17)15-11(18)8-16-7-9(13)6-14-16/h6-7,10,17H,4-5,8,13H2,1-3H3,(H,15,18). The van der Waals surface area contributed by atoms with Crippen molar-refractivity contribution in [1.29, 1.82) is 0 Å². The zero-order valence-electron chi connectivity index (χ0n) is 11.2. The quantitative estimate of drug-likeness (QED) is 0.708. The summed E-state index contributed by atoms with van der Waals surface area (Å²) in [5, 5.41) is 15.9. The van der Waals surface area contributed by atoms with E-state index in [0.29, 0.717) is 12.1 Å². The number of hydrogen-bond donors (Lipinski definition) is 3. The average Bonchev–Trinajstić information content (AvgIpc) is 2.62. The molecule has 6 heteroatoms. The fourth-order valence-corrected chi connectivity index (χ4v) is 1.70. The van der Waals surface area contributed by atoms with Gasteiger partial charge in [-0.3, -0.25) is 9.48 Å². The third-order valence-electron chi connectivity index (χ3n) is 2.76. The summed E-state index contributed by atoms with van der Waals surface area (Å²) < 4.78 is 1.49. The van der Waals surface area contributed by atoms with E-state index in [2.05, 4.69) is 10.4 Å². The molecule has 0 saturated heterocycles. The van der Waals surface area contributed by atoms with Gasteiger partial charge in [0.2, 0.25) is 5.91 Å². The van der Waals surface area contributed by atoms with Crippen LogP contribution in [0.15, 0.2) is 12.4 Å². The Hall–Kier alpha value is -1.56. The minimum atomic E-state index is -0.133. The van der Waals surface area contributed by atoms with Crippen LogP contribution < -0.4 is 11.1 Å². The number of nitrogens with zero attached hydrogens (tertiary/aromatic N) is 2. The van der Waals surface area contributed by atoms with E-state index < -0.39 is 0 Å². The number of amides is 1. The fourth-order valence-electron chi connectivity index (χ4n) is 1.70. The number of aromatic nitrogens is 2. The van der Waals surface area contributed by atoms with Gasteiger partial charge in [0.1, 0.15) is 6.54 Å². The van der Waals surface area contributed by atoms with E-state index in [4.69, 9.17) is 10.8 Å². The van der Waals surface area contributed by atoms with Crippen molar-refractivity contribution >= 4 is 11.6 Å². The third kappa shape index (κ3) is 4.37. The lowest BCUT2D eigenvalue weighted by Crippen LogP contribution is -2.45. The molecule has 0 aliphatic heterocycles. The molecule has 1 rings (SSSR count). The van der Waals surface area contributed by atoms with Gasteiger partial charge in [-0.15, -0.1) is 0 Å². The monoisotopic (exact) mass is 254 g/mol. The molecule has 1 unspecified atom stereocenters. The van der Waals surface area contributed by atoms with E-state index in [-0.39, 0.29) is 30.5 Å². The summed E-state index contributed by atoms with van der Waals surface area (Å²) in [6.45, 7) is 6.27. The van der Waals surface area contributed by atoms with Crippen LogP contribution in [0.4, 0.5) is 5.69 Å². The molecule has 0 aromatic carbocycles. The summed E-state index contributed by atoms with van der Waals surface area (Å²) in [5.41, 5.74) is 5.96. The van der Waals surface area contributed by atoms with Gasteiger partial charge in [-0.25, -0.2) is 0 Å². The second-order valence-electron chi connectivity index (χ2n) is 5.47. The molecule has 1 aromatic heterocycles. The molecular formula is C12H22N4O2. The van der Waals surface area contributed by atoms with Crippen LogP contribution in [0, 0.1) is 5.41 Å². The molecule has 1 heterocycles. The molecule has 6 nitrogen and oxygen atoms in total. The average molecular weight is 254 g/mol. The number of hydrogen-bond acceptors (Lipinski definition) is 4. The van der Waals surface area contributed by atoms with E-state index in [1.54, 1.807) is 6.20 Å². The van der Waals surface area contributed by atoms with Crippen molar-refractivity contribution in [2.24, 2.45) is 5.41 Å². The molecule has 4 N–H and O–H groups in total. The summed E-state index contributed by atoms with van der Waals surface area (Å²) in [4.78, 5) is 11.9. The summed E-state index contributed by atoms with van der Waals surface area (Å²) in [6, 6.07) is -0.0668. The molecule has 18 heavy (non-hydrogen) atoms. The Balaban J connectivity index is 2.56. The highest BCUT2D eigenvalue weighted by atomic mass is 16.3.